The number of thiazole rings is 1. The molecule has 0 saturated heterocycles. The number of benzene rings is 2. The SMILES string of the molecule is CCCCc1ccc2nc(NC(=O)c3ccccc3S(=O)(=O)CC)sc2c1. The summed E-state index contributed by atoms with van der Waals surface area (Å²) in [5, 5.41) is 3.22. The molecule has 142 valence electrons. The summed E-state index contributed by atoms with van der Waals surface area (Å²) in [7, 11) is -3.48. The summed E-state index contributed by atoms with van der Waals surface area (Å²) in [5.74, 6) is -0.521. The first-order valence-corrected chi connectivity index (χ1v) is 11.4. The van der Waals surface area contributed by atoms with Gasteiger partial charge in [0.1, 0.15) is 0 Å². The lowest BCUT2D eigenvalue weighted by Crippen LogP contribution is -2.17. The summed E-state index contributed by atoms with van der Waals surface area (Å²) in [6.45, 7) is 3.73. The number of hydrogen-bond acceptors (Lipinski definition) is 5. The third-order valence-corrected chi connectivity index (χ3v) is 7.06. The molecule has 0 aliphatic carbocycles. The quantitative estimate of drug-likeness (QED) is 0.622. The third-order valence-electron chi connectivity index (χ3n) is 4.34. The Labute approximate surface area is 163 Å². The fraction of sp³-hybridized carbons (Fsp3) is 0.300. The van der Waals surface area contributed by atoms with Gasteiger partial charge < -0.3 is 0 Å². The number of hydrogen-bond donors (Lipinski definition) is 1. The van der Waals surface area contributed by atoms with Gasteiger partial charge in [-0.05, 0) is 42.7 Å². The maximum absolute atomic E-state index is 12.7. The molecule has 0 aliphatic rings. The fourth-order valence-corrected chi connectivity index (χ4v) is 4.82. The highest BCUT2D eigenvalue weighted by atomic mass is 32.2. The highest BCUT2D eigenvalue weighted by Crippen LogP contribution is 2.28. The molecule has 5 nitrogen and oxygen atoms in total. The molecule has 3 aromatic rings. The number of anilines is 1. The van der Waals surface area contributed by atoms with Crippen molar-refractivity contribution in [2.75, 3.05) is 11.1 Å². The number of rotatable bonds is 7. The van der Waals surface area contributed by atoms with E-state index in [1.54, 1.807) is 19.1 Å². The molecule has 0 unspecified atom stereocenters. The lowest BCUT2D eigenvalue weighted by molar-refractivity contribution is 0.102. The second-order valence-electron chi connectivity index (χ2n) is 6.28. The van der Waals surface area contributed by atoms with Gasteiger partial charge >= 0.3 is 0 Å². The summed E-state index contributed by atoms with van der Waals surface area (Å²) >= 11 is 1.39. The van der Waals surface area contributed by atoms with E-state index in [2.05, 4.69) is 29.4 Å². The molecule has 2 aromatic carbocycles. The van der Waals surface area contributed by atoms with Crippen LogP contribution in [0.4, 0.5) is 5.13 Å². The van der Waals surface area contributed by atoms with Gasteiger partial charge in [-0.2, -0.15) is 0 Å². The van der Waals surface area contributed by atoms with Crippen LogP contribution < -0.4 is 5.32 Å². The van der Waals surface area contributed by atoms with E-state index in [9.17, 15) is 13.2 Å². The van der Waals surface area contributed by atoms with Gasteiger partial charge in [-0.1, -0.05) is 49.8 Å². The molecular weight excluding hydrogens is 380 g/mol. The number of carbonyl (C=O) groups excluding carboxylic acids is 1. The number of nitrogens with one attached hydrogen (secondary N) is 1. The number of nitrogens with zero attached hydrogens (tertiary/aromatic N) is 1. The molecule has 0 spiro atoms. The lowest BCUT2D eigenvalue weighted by atomic mass is 10.1. The minimum absolute atomic E-state index is 0.0490. The van der Waals surface area contributed by atoms with Gasteiger partial charge in [-0.25, -0.2) is 13.4 Å². The van der Waals surface area contributed by atoms with E-state index in [0.29, 0.717) is 5.13 Å². The van der Waals surface area contributed by atoms with Crippen molar-refractivity contribution in [2.24, 2.45) is 0 Å². The van der Waals surface area contributed by atoms with E-state index in [4.69, 9.17) is 0 Å². The third kappa shape index (κ3) is 4.36. The minimum atomic E-state index is -3.48. The smallest absolute Gasteiger partial charge is 0.258 e. The van der Waals surface area contributed by atoms with Crippen LogP contribution in [0.2, 0.25) is 0 Å². The van der Waals surface area contributed by atoms with Crippen LogP contribution in [-0.4, -0.2) is 25.1 Å². The van der Waals surface area contributed by atoms with Crippen LogP contribution in [0, 0.1) is 0 Å². The molecule has 7 heteroatoms. The Bertz CT molecular complexity index is 1070. The van der Waals surface area contributed by atoms with Gasteiger partial charge in [0.05, 0.1) is 26.4 Å². The van der Waals surface area contributed by atoms with Gasteiger partial charge in [0, 0.05) is 0 Å². The predicted molar refractivity (Wildman–Crippen MR) is 110 cm³/mol. The maximum Gasteiger partial charge on any atom is 0.258 e. The van der Waals surface area contributed by atoms with Crippen molar-refractivity contribution in [1.82, 2.24) is 4.98 Å². The van der Waals surface area contributed by atoms with E-state index in [0.717, 1.165) is 29.5 Å². The Morgan fingerprint density at radius 2 is 1.93 bits per heavy atom. The number of fused-ring (bicyclic) bond motifs is 1. The molecular formula is C20H22N2O3S2. The molecule has 0 radical (unpaired) electrons. The molecule has 0 saturated carbocycles. The molecule has 0 fully saturated rings. The molecule has 3 rings (SSSR count). The van der Waals surface area contributed by atoms with Crippen molar-refractivity contribution < 1.29 is 13.2 Å². The van der Waals surface area contributed by atoms with E-state index < -0.39 is 15.7 Å². The second-order valence-corrected chi connectivity index (χ2v) is 9.56. The first-order chi connectivity index (χ1) is 12.9. The van der Waals surface area contributed by atoms with Gasteiger partial charge in [-0.15, -0.1) is 0 Å². The van der Waals surface area contributed by atoms with Crippen molar-refractivity contribution in [1.29, 1.82) is 0 Å². The summed E-state index contributed by atoms with van der Waals surface area (Å²) in [6, 6.07) is 12.4. The first-order valence-electron chi connectivity index (χ1n) is 8.97. The number of unbranched alkanes of at least 4 members (excludes halogenated alkanes) is 1. The monoisotopic (exact) mass is 402 g/mol. The molecule has 1 aromatic heterocycles. The van der Waals surface area contributed by atoms with Crippen LogP contribution in [0.1, 0.15) is 42.6 Å². The van der Waals surface area contributed by atoms with E-state index >= 15 is 0 Å². The average molecular weight is 403 g/mol. The van der Waals surface area contributed by atoms with Crippen molar-refractivity contribution in [2.45, 2.75) is 38.0 Å². The number of aryl methyl sites for hydroxylation is 1. The van der Waals surface area contributed by atoms with Crippen LogP contribution in [0.3, 0.4) is 0 Å². The molecule has 1 heterocycles. The Balaban J connectivity index is 1.87. The Kier molecular flexibility index (Phi) is 5.92. The molecule has 0 atom stereocenters. The minimum Gasteiger partial charge on any atom is -0.298 e. The van der Waals surface area contributed by atoms with Crippen LogP contribution in [0.25, 0.3) is 10.2 Å². The topological polar surface area (TPSA) is 76.1 Å². The van der Waals surface area contributed by atoms with Crippen molar-refractivity contribution in [3.63, 3.8) is 0 Å². The molecule has 1 amide bonds. The molecule has 1 N–H and O–H groups in total. The van der Waals surface area contributed by atoms with Gasteiger partial charge in [0.15, 0.2) is 15.0 Å². The number of sulfone groups is 1. The highest BCUT2D eigenvalue weighted by molar-refractivity contribution is 7.91. The largest absolute Gasteiger partial charge is 0.298 e. The van der Waals surface area contributed by atoms with Crippen LogP contribution >= 0.6 is 11.3 Å². The summed E-state index contributed by atoms with van der Waals surface area (Å²) in [4.78, 5) is 17.2. The Morgan fingerprint density at radius 1 is 1.15 bits per heavy atom. The highest BCUT2D eigenvalue weighted by Gasteiger charge is 2.21. The predicted octanol–water partition coefficient (Wildman–Crippen LogP) is 4.68. The summed E-state index contributed by atoms with van der Waals surface area (Å²) in [5.41, 5.74) is 2.22. The van der Waals surface area contributed by atoms with Crippen molar-refractivity contribution in [3.05, 3.63) is 53.6 Å². The standard InChI is InChI=1S/C20H22N2O3S2/c1-3-5-8-14-11-12-16-17(13-14)26-20(21-16)22-19(23)15-9-6-7-10-18(15)27(24,25)4-2/h6-7,9-13H,3-5,8H2,1-2H3,(H,21,22,23). The first kappa shape index (κ1) is 19.5. The van der Waals surface area contributed by atoms with Crippen LogP contribution in [0.5, 0.6) is 0 Å². The lowest BCUT2D eigenvalue weighted by Gasteiger charge is -2.08. The number of amides is 1. The zero-order valence-electron chi connectivity index (χ0n) is 15.4. The normalized spacial score (nSPS) is 11.6. The summed E-state index contributed by atoms with van der Waals surface area (Å²) in [6.07, 6.45) is 3.30. The van der Waals surface area contributed by atoms with Gasteiger partial charge in [0.2, 0.25) is 0 Å². The average Bonchev–Trinajstić information content (AvgIpc) is 3.07. The van der Waals surface area contributed by atoms with E-state index in [-0.39, 0.29) is 16.2 Å². The fourth-order valence-electron chi connectivity index (χ4n) is 2.80. The van der Waals surface area contributed by atoms with Crippen LogP contribution in [0.15, 0.2) is 47.4 Å². The Morgan fingerprint density at radius 3 is 2.67 bits per heavy atom. The summed E-state index contributed by atoms with van der Waals surface area (Å²) < 4.78 is 25.5. The van der Waals surface area contributed by atoms with Crippen LogP contribution in [-0.2, 0) is 16.3 Å². The van der Waals surface area contributed by atoms with Crippen molar-refractivity contribution in [3.8, 4) is 0 Å². The maximum atomic E-state index is 12.7. The molecule has 27 heavy (non-hydrogen) atoms. The number of aromatic nitrogens is 1. The zero-order valence-corrected chi connectivity index (χ0v) is 17.0. The van der Waals surface area contributed by atoms with E-state index in [1.807, 2.05) is 6.07 Å². The number of carbonyl (C=O) groups is 1. The molecule has 0 aliphatic heterocycles. The van der Waals surface area contributed by atoms with Gasteiger partial charge in [-0.3, -0.25) is 10.1 Å². The molecule has 0 bridgehead atoms. The zero-order chi connectivity index (χ0) is 19.4. The van der Waals surface area contributed by atoms with E-state index in [1.165, 1.54) is 29.0 Å². The van der Waals surface area contributed by atoms with Crippen molar-refractivity contribution >= 4 is 42.4 Å². The Hall–Kier alpha value is -2.25. The second kappa shape index (κ2) is 8.19. The van der Waals surface area contributed by atoms with Gasteiger partial charge in [0.25, 0.3) is 5.91 Å².